The van der Waals surface area contributed by atoms with E-state index in [-0.39, 0.29) is 0 Å². The number of hydrogen-bond acceptors (Lipinski definition) is 2. The van der Waals surface area contributed by atoms with Gasteiger partial charge in [-0.25, -0.2) is 4.39 Å². The van der Waals surface area contributed by atoms with E-state index in [2.05, 4.69) is 4.74 Å². The van der Waals surface area contributed by atoms with Crippen LogP contribution in [0.15, 0.2) is 0 Å². The molecule has 0 aromatic rings. The molecule has 10 heavy (non-hydrogen) atoms. The number of carbonyl (C=O) groups is 1. The van der Waals surface area contributed by atoms with Gasteiger partial charge in [0.15, 0.2) is 0 Å². The maximum Gasteiger partial charge on any atom is 0.314 e. The molecule has 0 N–H and O–H groups in total. The Kier molecular flexibility index (Phi) is 1.67. The summed E-state index contributed by atoms with van der Waals surface area (Å²) in [6, 6.07) is 0. The average molecular weight is 146 g/mol. The van der Waals surface area contributed by atoms with Gasteiger partial charge in [0.1, 0.15) is 6.17 Å². The highest BCUT2D eigenvalue weighted by molar-refractivity contribution is 5.80. The molecule has 0 spiro atoms. The van der Waals surface area contributed by atoms with Gasteiger partial charge in [-0.15, -0.1) is 0 Å². The van der Waals surface area contributed by atoms with Gasteiger partial charge in [0, 0.05) is 0 Å². The molecule has 58 valence electrons. The highest BCUT2D eigenvalue weighted by atomic mass is 19.1. The number of carbonyl (C=O) groups excluding carboxylic acids is 1. The Labute approximate surface area is 59.4 Å². The molecule has 0 aromatic heterocycles. The predicted octanol–water partition coefficient (Wildman–Crippen LogP) is 1.30. The molecule has 1 rings (SSSR count). The van der Waals surface area contributed by atoms with Crippen molar-refractivity contribution in [1.82, 2.24) is 0 Å². The van der Waals surface area contributed by atoms with Crippen LogP contribution in [-0.4, -0.2) is 18.7 Å². The van der Waals surface area contributed by atoms with Crippen molar-refractivity contribution in [3.63, 3.8) is 0 Å². The summed E-state index contributed by atoms with van der Waals surface area (Å²) in [5.74, 6) is -0.400. The van der Waals surface area contributed by atoms with Crippen molar-refractivity contribution in [2.75, 3.05) is 6.61 Å². The van der Waals surface area contributed by atoms with Crippen LogP contribution in [0.3, 0.4) is 0 Å². The van der Waals surface area contributed by atoms with E-state index in [9.17, 15) is 9.18 Å². The lowest BCUT2D eigenvalue weighted by Crippen LogP contribution is -2.18. The van der Waals surface area contributed by atoms with Crippen molar-refractivity contribution in [2.24, 2.45) is 5.41 Å². The SMILES string of the molecule is CCOC(=O)[C@]1(C)C[C@H]1F. The number of esters is 1. The van der Waals surface area contributed by atoms with Gasteiger partial charge in [0.05, 0.1) is 12.0 Å². The smallest absolute Gasteiger partial charge is 0.314 e. The minimum Gasteiger partial charge on any atom is -0.465 e. The maximum absolute atomic E-state index is 12.4. The van der Waals surface area contributed by atoms with Crippen molar-refractivity contribution >= 4 is 5.97 Å². The van der Waals surface area contributed by atoms with E-state index in [1.807, 2.05) is 0 Å². The van der Waals surface area contributed by atoms with Crippen LogP contribution in [-0.2, 0) is 9.53 Å². The first kappa shape index (κ1) is 7.51. The third kappa shape index (κ3) is 1.00. The summed E-state index contributed by atoms with van der Waals surface area (Å²) in [4.78, 5) is 10.9. The molecule has 1 fully saturated rings. The van der Waals surface area contributed by atoms with Gasteiger partial charge in [0.2, 0.25) is 0 Å². The van der Waals surface area contributed by atoms with Gasteiger partial charge in [-0.05, 0) is 20.3 Å². The summed E-state index contributed by atoms with van der Waals surface area (Å²) in [6.07, 6.45) is -0.655. The van der Waals surface area contributed by atoms with E-state index in [0.717, 1.165) is 0 Å². The Morgan fingerprint density at radius 1 is 1.90 bits per heavy atom. The summed E-state index contributed by atoms with van der Waals surface area (Å²) in [5.41, 5.74) is -0.810. The zero-order valence-electron chi connectivity index (χ0n) is 6.19. The molecule has 0 saturated heterocycles. The van der Waals surface area contributed by atoms with Crippen molar-refractivity contribution in [3.8, 4) is 0 Å². The molecule has 0 bridgehead atoms. The largest absolute Gasteiger partial charge is 0.465 e. The summed E-state index contributed by atoms with van der Waals surface area (Å²) in [7, 11) is 0. The monoisotopic (exact) mass is 146 g/mol. The first-order valence-corrected chi connectivity index (χ1v) is 3.42. The molecule has 1 aliphatic rings. The molecule has 1 saturated carbocycles. The molecule has 2 atom stereocenters. The van der Waals surface area contributed by atoms with Crippen LogP contribution in [0.1, 0.15) is 20.3 Å². The van der Waals surface area contributed by atoms with Crippen LogP contribution in [0.4, 0.5) is 4.39 Å². The zero-order chi connectivity index (χ0) is 7.78. The number of halogens is 1. The Morgan fingerprint density at radius 2 is 2.40 bits per heavy atom. The molecule has 0 radical (unpaired) electrons. The zero-order valence-corrected chi connectivity index (χ0v) is 6.19. The van der Waals surface area contributed by atoms with Gasteiger partial charge in [0.25, 0.3) is 0 Å². The lowest BCUT2D eigenvalue weighted by Gasteiger charge is -2.05. The normalized spacial score (nSPS) is 37.3. The summed E-state index contributed by atoms with van der Waals surface area (Å²) < 4.78 is 17.1. The van der Waals surface area contributed by atoms with Crippen LogP contribution in [0.25, 0.3) is 0 Å². The summed E-state index contributed by atoms with van der Waals surface area (Å²) in [5, 5.41) is 0. The maximum atomic E-state index is 12.4. The standard InChI is InChI=1S/C7H11FO2/c1-3-10-6(9)7(2)4-5(7)8/h5H,3-4H2,1-2H3/t5-,7-/m1/s1. The van der Waals surface area contributed by atoms with Crippen molar-refractivity contribution in [3.05, 3.63) is 0 Å². The van der Waals surface area contributed by atoms with E-state index in [4.69, 9.17) is 0 Å². The number of hydrogen-bond donors (Lipinski definition) is 0. The van der Waals surface area contributed by atoms with Crippen LogP contribution in [0, 0.1) is 5.41 Å². The first-order valence-electron chi connectivity index (χ1n) is 3.42. The summed E-state index contributed by atoms with van der Waals surface area (Å²) in [6.45, 7) is 3.65. The molecule has 2 nitrogen and oxygen atoms in total. The highest BCUT2D eigenvalue weighted by Crippen LogP contribution is 2.48. The Morgan fingerprint density at radius 3 is 2.70 bits per heavy atom. The quantitative estimate of drug-likeness (QED) is 0.549. The van der Waals surface area contributed by atoms with E-state index in [0.29, 0.717) is 13.0 Å². The Hall–Kier alpha value is -0.600. The second-order valence-corrected chi connectivity index (χ2v) is 2.81. The molecule has 0 unspecified atom stereocenters. The van der Waals surface area contributed by atoms with Crippen molar-refractivity contribution in [1.29, 1.82) is 0 Å². The van der Waals surface area contributed by atoms with Crippen molar-refractivity contribution in [2.45, 2.75) is 26.4 Å². The highest BCUT2D eigenvalue weighted by Gasteiger charge is 2.58. The molecule has 0 amide bonds. The Bertz CT molecular complexity index is 158. The molecule has 0 aromatic carbocycles. The van der Waals surface area contributed by atoms with E-state index < -0.39 is 17.6 Å². The van der Waals surface area contributed by atoms with Gasteiger partial charge in [-0.2, -0.15) is 0 Å². The van der Waals surface area contributed by atoms with Crippen LogP contribution >= 0.6 is 0 Å². The minimum atomic E-state index is -0.980. The van der Waals surface area contributed by atoms with E-state index in [1.54, 1.807) is 13.8 Å². The molecular formula is C7H11FO2. The van der Waals surface area contributed by atoms with Gasteiger partial charge in [-0.1, -0.05) is 0 Å². The first-order chi connectivity index (χ1) is 4.61. The fourth-order valence-electron chi connectivity index (χ4n) is 0.821. The van der Waals surface area contributed by atoms with E-state index >= 15 is 0 Å². The predicted molar refractivity (Wildman–Crippen MR) is 34.3 cm³/mol. The molecule has 0 heterocycles. The number of alkyl halides is 1. The summed E-state index contributed by atoms with van der Waals surface area (Å²) >= 11 is 0. The second kappa shape index (κ2) is 2.22. The van der Waals surface area contributed by atoms with Gasteiger partial charge < -0.3 is 4.74 Å². The third-order valence-electron chi connectivity index (χ3n) is 1.88. The lowest BCUT2D eigenvalue weighted by atomic mass is 10.1. The minimum absolute atomic E-state index is 0.325. The topological polar surface area (TPSA) is 26.3 Å². The fourth-order valence-corrected chi connectivity index (χ4v) is 0.821. The second-order valence-electron chi connectivity index (χ2n) is 2.81. The number of ether oxygens (including phenoxy) is 1. The third-order valence-corrected chi connectivity index (χ3v) is 1.88. The number of rotatable bonds is 2. The lowest BCUT2D eigenvalue weighted by molar-refractivity contribution is -0.149. The van der Waals surface area contributed by atoms with Gasteiger partial charge >= 0.3 is 5.97 Å². The van der Waals surface area contributed by atoms with Crippen LogP contribution < -0.4 is 0 Å². The van der Waals surface area contributed by atoms with Crippen molar-refractivity contribution < 1.29 is 13.9 Å². The Balaban J connectivity index is 2.43. The van der Waals surface area contributed by atoms with Crippen LogP contribution in [0.2, 0.25) is 0 Å². The molecular weight excluding hydrogens is 135 g/mol. The van der Waals surface area contributed by atoms with Crippen LogP contribution in [0.5, 0.6) is 0 Å². The van der Waals surface area contributed by atoms with Gasteiger partial charge in [-0.3, -0.25) is 4.79 Å². The molecule has 0 aliphatic heterocycles. The molecule has 1 aliphatic carbocycles. The molecule has 3 heteroatoms. The van der Waals surface area contributed by atoms with E-state index in [1.165, 1.54) is 0 Å². The fraction of sp³-hybridized carbons (Fsp3) is 0.857. The average Bonchev–Trinajstić information content (AvgIpc) is 2.43.